The van der Waals surface area contributed by atoms with Crippen LogP contribution in [0.2, 0.25) is 0 Å². The van der Waals surface area contributed by atoms with Gasteiger partial charge in [0.1, 0.15) is 22.1 Å². The van der Waals surface area contributed by atoms with E-state index in [0.29, 0.717) is 11.1 Å². The van der Waals surface area contributed by atoms with Crippen LogP contribution in [-0.4, -0.2) is 17.0 Å². The van der Waals surface area contributed by atoms with Crippen molar-refractivity contribution in [2.24, 2.45) is 0 Å². The van der Waals surface area contributed by atoms with Crippen LogP contribution >= 0.6 is 11.3 Å². The molecule has 170 valence electrons. The van der Waals surface area contributed by atoms with Crippen molar-refractivity contribution in [1.29, 1.82) is 5.26 Å². The second kappa shape index (κ2) is 10.8. The van der Waals surface area contributed by atoms with Gasteiger partial charge in [0.15, 0.2) is 0 Å². The molecular weight excluding hydrogens is 446 g/mol. The number of ether oxygens (including phenoxy) is 1. The Morgan fingerprint density at radius 3 is 2.48 bits per heavy atom. The van der Waals surface area contributed by atoms with Gasteiger partial charge >= 0.3 is 6.61 Å². The minimum Gasteiger partial charge on any atom is -0.434 e. The molecule has 0 N–H and O–H groups in total. The van der Waals surface area contributed by atoms with Gasteiger partial charge in [-0.05, 0) is 31.1 Å². The fourth-order valence-corrected chi connectivity index (χ4v) is 4.54. The van der Waals surface area contributed by atoms with Crippen molar-refractivity contribution in [3.05, 3.63) is 84.8 Å². The molecule has 33 heavy (non-hydrogen) atoms. The number of rotatable bonds is 8. The number of para-hydroxylation sites is 1. The molecule has 0 amide bonds. The van der Waals surface area contributed by atoms with Crippen LogP contribution in [0.5, 0.6) is 5.75 Å². The third-order valence-electron chi connectivity index (χ3n) is 4.95. The number of nitrogens with zero attached hydrogens (tertiary/aromatic N) is 2. The standard InChI is InChI=1S/C25H22F2N2O3S/c1-3-7-16-10-12-17(13-11-16)22(30)19(15-28)24-29(4-2)23(31)21(33-24)14-18-8-5-6-9-20(18)32-25(26)27/h5-6,8-14,25H,3-4,7H2,1-2H3/b21-14-,24-19-. The van der Waals surface area contributed by atoms with Crippen LogP contribution in [0.1, 0.15) is 41.8 Å². The predicted molar refractivity (Wildman–Crippen MR) is 124 cm³/mol. The third-order valence-corrected chi connectivity index (χ3v) is 6.08. The number of hydrogen-bond acceptors (Lipinski definition) is 5. The van der Waals surface area contributed by atoms with Crippen molar-refractivity contribution < 1.29 is 18.3 Å². The van der Waals surface area contributed by atoms with Gasteiger partial charge in [0.25, 0.3) is 5.56 Å². The number of nitriles is 1. The summed E-state index contributed by atoms with van der Waals surface area (Å²) in [4.78, 5) is 26.1. The molecular formula is C25H22F2N2O3S. The quantitative estimate of drug-likeness (QED) is 0.471. The lowest BCUT2D eigenvalue weighted by molar-refractivity contribution is -0.0499. The third kappa shape index (κ3) is 5.44. The first-order valence-electron chi connectivity index (χ1n) is 10.4. The Kier molecular flexibility index (Phi) is 7.91. The molecule has 0 radical (unpaired) electrons. The molecule has 5 nitrogen and oxygen atoms in total. The summed E-state index contributed by atoms with van der Waals surface area (Å²) in [5, 5.41) is 9.77. The van der Waals surface area contributed by atoms with Crippen molar-refractivity contribution >= 4 is 28.8 Å². The highest BCUT2D eigenvalue weighted by atomic mass is 32.1. The van der Waals surface area contributed by atoms with E-state index in [2.05, 4.69) is 11.7 Å². The van der Waals surface area contributed by atoms with Gasteiger partial charge in [-0.15, -0.1) is 11.3 Å². The average molecular weight is 469 g/mol. The van der Waals surface area contributed by atoms with E-state index in [4.69, 9.17) is 0 Å². The molecule has 0 aliphatic carbocycles. The molecule has 0 bridgehead atoms. The number of aryl methyl sites for hydroxylation is 1. The summed E-state index contributed by atoms with van der Waals surface area (Å²) in [5.41, 5.74) is 1.19. The molecule has 0 spiro atoms. The number of carbonyl (C=O) groups excluding carboxylic acids is 1. The van der Waals surface area contributed by atoms with E-state index in [0.717, 1.165) is 29.7 Å². The van der Waals surface area contributed by atoms with Gasteiger partial charge in [-0.3, -0.25) is 14.2 Å². The van der Waals surface area contributed by atoms with Crippen LogP contribution in [0.25, 0.3) is 11.6 Å². The van der Waals surface area contributed by atoms with Gasteiger partial charge in [-0.25, -0.2) is 0 Å². The van der Waals surface area contributed by atoms with Crippen molar-refractivity contribution in [3.63, 3.8) is 0 Å². The molecule has 8 heteroatoms. The first-order valence-corrected chi connectivity index (χ1v) is 11.2. The summed E-state index contributed by atoms with van der Waals surface area (Å²) in [6.45, 7) is 1.02. The minimum absolute atomic E-state index is 0.0716. The topological polar surface area (TPSA) is 72.1 Å². The molecule has 0 saturated heterocycles. The van der Waals surface area contributed by atoms with Crippen molar-refractivity contribution in [2.45, 2.75) is 39.8 Å². The molecule has 1 aromatic heterocycles. The zero-order chi connectivity index (χ0) is 24.0. The van der Waals surface area contributed by atoms with E-state index in [1.165, 1.54) is 16.7 Å². The first-order chi connectivity index (χ1) is 15.9. The summed E-state index contributed by atoms with van der Waals surface area (Å²) in [6, 6.07) is 15.1. The monoisotopic (exact) mass is 468 g/mol. The van der Waals surface area contributed by atoms with Gasteiger partial charge in [0, 0.05) is 17.7 Å². The molecule has 1 heterocycles. The zero-order valence-electron chi connectivity index (χ0n) is 18.2. The Morgan fingerprint density at radius 2 is 1.88 bits per heavy atom. The Bertz CT molecular complexity index is 1370. The maximum atomic E-state index is 13.1. The lowest BCUT2D eigenvalue weighted by Gasteiger charge is -2.06. The smallest absolute Gasteiger partial charge is 0.387 e. The fraction of sp³-hybridized carbons (Fsp3) is 0.240. The van der Waals surface area contributed by atoms with Gasteiger partial charge in [-0.1, -0.05) is 55.8 Å². The van der Waals surface area contributed by atoms with Gasteiger partial charge in [-0.2, -0.15) is 14.0 Å². The Balaban J connectivity index is 2.17. The van der Waals surface area contributed by atoms with Crippen LogP contribution in [0.4, 0.5) is 8.78 Å². The number of ketones is 1. The van der Waals surface area contributed by atoms with E-state index in [9.17, 15) is 23.6 Å². The number of carbonyl (C=O) groups is 1. The molecule has 3 rings (SSSR count). The Morgan fingerprint density at radius 1 is 1.18 bits per heavy atom. The highest BCUT2D eigenvalue weighted by Crippen LogP contribution is 2.20. The van der Waals surface area contributed by atoms with Crippen molar-refractivity contribution in [2.75, 3.05) is 0 Å². The molecule has 0 unspecified atom stereocenters. The van der Waals surface area contributed by atoms with Gasteiger partial charge in [0.05, 0.1) is 4.53 Å². The van der Waals surface area contributed by atoms with Crippen LogP contribution in [0.3, 0.4) is 0 Å². The van der Waals surface area contributed by atoms with Gasteiger partial charge in [0.2, 0.25) is 5.78 Å². The second-order valence-corrected chi connectivity index (χ2v) is 8.18. The number of hydrogen-bond donors (Lipinski definition) is 0. The average Bonchev–Trinajstić information content (AvgIpc) is 3.10. The number of Topliss-reactive ketones (excluding diaryl/α,β-unsaturated/α-hetero) is 1. The highest BCUT2D eigenvalue weighted by Gasteiger charge is 2.17. The lowest BCUT2D eigenvalue weighted by atomic mass is 10.0. The maximum absolute atomic E-state index is 13.1. The largest absolute Gasteiger partial charge is 0.434 e. The number of halogens is 2. The zero-order valence-corrected chi connectivity index (χ0v) is 19.0. The maximum Gasteiger partial charge on any atom is 0.387 e. The van der Waals surface area contributed by atoms with Crippen LogP contribution in [0, 0.1) is 11.3 Å². The highest BCUT2D eigenvalue weighted by molar-refractivity contribution is 7.07. The van der Waals surface area contributed by atoms with E-state index in [1.807, 2.05) is 18.2 Å². The number of benzene rings is 2. The van der Waals surface area contributed by atoms with Crippen molar-refractivity contribution in [1.82, 2.24) is 4.57 Å². The van der Waals surface area contributed by atoms with E-state index < -0.39 is 18.0 Å². The van der Waals surface area contributed by atoms with Crippen LogP contribution in [-0.2, 0) is 13.0 Å². The molecule has 0 saturated carbocycles. The van der Waals surface area contributed by atoms with E-state index in [-0.39, 0.29) is 27.1 Å². The molecule has 0 atom stereocenters. The summed E-state index contributed by atoms with van der Waals surface area (Å²) in [7, 11) is 0. The minimum atomic E-state index is -3.01. The predicted octanol–water partition coefficient (Wildman–Crippen LogP) is 3.87. The summed E-state index contributed by atoms with van der Waals surface area (Å²) >= 11 is 0.972. The lowest BCUT2D eigenvalue weighted by Crippen LogP contribution is -2.32. The number of aromatic nitrogens is 1. The van der Waals surface area contributed by atoms with Crippen LogP contribution in [0.15, 0.2) is 53.3 Å². The Labute approximate surface area is 193 Å². The van der Waals surface area contributed by atoms with Crippen molar-refractivity contribution in [3.8, 4) is 11.8 Å². The molecule has 0 aliphatic heterocycles. The number of alkyl halides is 2. The second-order valence-electron chi connectivity index (χ2n) is 7.14. The SMILES string of the molecule is CCCc1ccc(C(=O)/C(C#N)=c2\s/c(=C\c3ccccc3OC(F)F)c(=O)n2CC)cc1. The van der Waals surface area contributed by atoms with E-state index in [1.54, 1.807) is 37.3 Å². The normalized spacial score (nSPS) is 12.5. The Hall–Kier alpha value is -3.57. The summed E-state index contributed by atoms with van der Waals surface area (Å²) in [6.07, 6.45) is 3.30. The molecule has 2 aromatic carbocycles. The fourth-order valence-electron chi connectivity index (χ4n) is 3.39. The molecule has 3 aromatic rings. The molecule has 0 fully saturated rings. The van der Waals surface area contributed by atoms with E-state index >= 15 is 0 Å². The molecule has 0 aliphatic rings. The summed E-state index contributed by atoms with van der Waals surface area (Å²) < 4.78 is 31.8. The van der Waals surface area contributed by atoms with Gasteiger partial charge < -0.3 is 4.74 Å². The first kappa shape index (κ1) is 24.1. The summed E-state index contributed by atoms with van der Waals surface area (Å²) in [5.74, 6) is -0.547. The number of thiazole rings is 1. The van der Waals surface area contributed by atoms with Crippen LogP contribution < -0.4 is 19.5 Å².